The number of H-pyrrole nitrogens is 1. The van der Waals surface area contributed by atoms with Crippen molar-refractivity contribution in [2.75, 3.05) is 17.2 Å². The van der Waals surface area contributed by atoms with Gasteiger partial charge < -0.3 is 15.6 Å². The number of nitrogens with one attached hydrogen (secondary N) is 3. The normalized spacial score (nSPS) is 12.5. The van der Waals surface area contributed by atoms with Crippen LogP contribution in [0.2, 0.25) is 0 Å². The first-order chi connectivity index (χ1) is 10.3. The van der Waals surface area contributed by atoms with Crippen LogP contribution in [0.3, 0.4) is 0 Å². The van der Waals surface area contributed by atoms with Crippen molar-refractivity contribution in [3.05, 3.63) is 28.7 Å². The largest absolute Gasteiger partial charge is 0.362 e. The highest BCUT2D eigenvalue weighted by Crippen LogP contribution is 2.24. The summed E-state index contributed by atoms with van der Waals surface area (Å²) in [6.07, 6.45) is 2.67. The number of aromatic amines is 1. The summed E-state index contributed by atoms with van der Waals surface area (Å²) in [4.78, 5) is 16.3. The summed E-state index contributed by atoms with van der Waals surface area (Å²) in [5.74, 6) is 1.38. The van der Waals surface area contributed by atoms with Crippen LogP contribution in [-0.4, -0.2) is 26.5 Å². The molecule has 0 aliphatic carbocycles. The molecule has 3 heterocycles. The lowest BCUT2D eigenvalue weighted by Crippen LogP contribution is -2.11. The molecule has 0 saturated carbocycles. The Balaban J connectivity index is 1.90. The van der Waals surface area contributed by atoms with E-state index in [0.29, 0.717) is 11.6 Å². The van der Waals surface area contributed by atoms with Crippen molar-refractivity contribution in [1.29, 1.82) is 0 Å². The van der Waals surface area contributed by atoms with Gasteiger partial charge in [0.25, 0.3) is 0 Å². The summed E-state index contributed by atoms with van der Waals surface area (Å²) in [5.41, 5.74) is 2.75. The number of nitrogens with zero attached hydrogens (tertiary/aromatic N) is 3. The third-order valence-corrected chi connectivity index (χ3v) is 3.92. The molecule has 0 aliphatic rings. The predicted octanol–water partition coefficient (Wildman–Crippen LogP) is 3.41. The van der Waals surface area contributed by atoms with Crippen LogP contribution in [-0.2, 0) is 0 Å². The highest BCUT2D eigenvalue weighted by molar-refractivity contribution is 7.08. The van der Waals surface area contributed by atoms with Gasteiger partial charge in [-0.1, -0.05) is 6.92 Å². The lowest BCUT2D eigenvalue weighted by molar-refractivity contribution is 0.878. The van der Waals surface area contributed by atoms with Gasteiger partial charge in [0.15, 0.2) is 11.5 Å². The molecular weight excluding hydrogens is 284 g/mol. The van der Waals surface area contributed by atoms with E-state index in [4.69, 9.17) is 0 Å². The first-order valence-electron chi connectivity index (χ1n) is 7.01. The van der Waals surface area contributed by atoms with Gasteiger partial charge in [0, 0.05) is 6.54 Å². The highest BCUT2D eigenvalue weighted by atomic mass is 32.1. The molecule has 21 heavy (non-hydrogen) atoms. The van der Waals surface area contributed by atoms with E-state index in [9.17, 15) is 0 Å². The number of hydrogen-bond donors (Lipinski definition) is 3. The van der Waals surface area contributed by atoms with Crippen LogP contribution >= 0.6 is 11.3 Å². The Kier molecular flexibility index (Phi) is 4.01. The second-order valence-corrected chi connectivity index (χ2v) is 5.63. The molecule has 0 fully saturated rings. The van der Waals surface area contributed by atoms with Crippen LogP contribution in [0.5, 0.6) is 0 Å². The van der Waals surface area contributed by atoms with Gasteiger partial charge in [-0.3, -0.25) is 0 Å². The van der Waals surface area contributed by atoms with Gasteiger partial charge in [-0.05, 0) is 35.7 Å². The van der Waals surface area contributed by atoms with Crippen molar-refractivity contribution in [1.82, 2.24) is 19.9 Å². The molecule has 0 radical (unpaired) electrons. The zero-order chi connectivity index (χ0) is 14.7. The molecule has 0 aliphatic heterocycles. The standard InChI is InChI=1S/C14H18N6S/c1-3-5-15-14-19-12-11(16-8-17-12)13(20-14)18-9(2)10-4-6-21-7-10/h4,6-9H,3,5H2,1-2H3,(H3,15,16,17,18,19,20). The van der Waals surface area contributed by atoms with Crippen LogP contribution in [0.15, 0.2) is 23.2 Å². The lowest BCUT2D eigenvalue weighted by atomic mass is 10.2. The van der Waals surface area contributed by atoms with E-state index in [0.717, 1.165) is 24.3 Å². The van der Waals surface area contributed by atoms with Crippen molar-refractivity contribution in [2.24, 2.45) is 0 Å². The minimum Gasteiger partial charge on any atom is -0.362 e. The fourth-order valence-corrected chi connectivity index (χ4v) is 2.82. The summed E-state index contributed by atoms with van der Waals surface area (Å²) in [6.45, 7) is 5.07. The number of hydrogen-bond acceptors (Lipinski definition) is 6. The van der Waals surface area contributed by atoms with E-state index < -0.39 is 0 Å². The molecular formula is C14H18N6S. The van der Waals surface area contributed by atoms with Gasteiger partial charge in [-0.15, -0.1) is 0 Å². The molecule has 1 atom stereocenters. The van der Waals surface area contributed by atoms with E-state index in [1.807, 2.05) is 0 Å². The van der Waals surface area contributed by atoms with Crippen LogP contribution in [0.25, 0.3) is 11.2 Å². The number of rotatable bonds is 6. The van der Waals surface area contributed by atoms with Gasteiger partial charge in [-0.2, -0.15) is 21.3 Å². The second-order valence-electron chi connectivity index (χ2n) is 4.85. The number of anilines is 2. The minimum absolute atomic E-state index is 0.177. The summed E-state index contributed by atoms with van der Waals surface area (Å²) >= 11 is 1.69. The summed E-state index contributed by atoms with van der Waals surface area (Å²) in [7, 11) is 0. The van der Waals surface area contributed by atoms with Crippen molar-refractivity contribution in [2.45, 2.75) is 26.3 Å². The molecule has 3 aromatic heterocycles. The highest BCUT2D eigenvalue weighted by Gasteiger charge is 2.13. The van der Waals surface area contributed by atoms with E-state index in [2.05, 4.69) is 61.2 Å². The van der Waals surface area contributed by atoms with Gasteiger partial charge >= 0.3 is 0 Å². The molecule has 1 unspecified atom stereocenters. The molecule has 110 valence electrons. The maximum absolute atomic E-state index is 4.56. The van der Waals surface area contributed by atoms with E-state index in [-0.39, 0.29) is 6.04 Å². The Morgan fingerprint density at radius 2 is 2.29 bits per heavy atom. The Morgan fingerprint density at radius 3 is 3.05 bits per heavy atom. The Hall–Kier alpha value is -2.15. The fraction of sp³-hybridized carbons (Fsp3) is 0.357. The summed E-state index contributed by atoms with van der Waals surface area (Å²) in [5, 5.41) is 10.9. The van der Waals surface area contributed by atoms with Gasteiger partial charge in [-0.25, -0.2) is 4.98 Å². The first-order valence-corrected chi connectivity index (χ1v) is 7.96. The van der Waals surface area contributed by atoms with E-state index in [1.54, 1.807) is 17.7 Å². The minimum atomic E-state index is 0.177. The third-order valence-electron chi connectivity index (χ3n) is 3.22. The number of fused-ring (bicyclic) bond motifs is 1. The average molecular weight is 302 g/mol. The second kappa shape index (κ2) is 6.09. The molecule has 6 nitrogen and oxygen atoms in total. The van der Waals surface area contributed by atoms with Crippen molar-refractivity contribution < 1.29 is 0 Å². The van der Waals surface area contributed by atoms with Crippen LogP contribution in [0.1, 0.15) is 31.9 Å². The molecule has 0 spiro atoms. The molecule has 7 heteroatoms. The number of imidazole rings is 1. The zero-order valence-corrected chi connectivity index (χ0v) is 12.9. The fourth-order valence-electron chi connectivity index (χ4n) is 2.06. The molecule has 3 N–H and O–H groups in total. The Morgan fingerprint density at radius 1 is 1.38 bits per heavy atom. The summed E-state index contributed by atoms with van der Waals surface area (Å²) < 4.78 is 0. The van der Waals surface area contributed by atoms with Crippen molar-refractivity contribution >= 4 is 34.3 Å². The summed E-state index contributed by atoms with van der Waals surface area (Å²) in [6, 6.07) is 2.29. The third kappa shape index (κ3) is 2.97. The smallest absolute Gasteiger partial charge is 0.226 e. The van der Waals surface area contributed by atoms with Gasteiger partial charge in [0.1, 0.15) is 5.52 Å². The molecule has 0 amide bonds. The van der Waals surface area contributed by atoms with E-state index >= 15 is 0 Å². The Labute approximate surface area is 127 Å². The maximum atomic E-state index is 4.56. The maximum Gasteiger partial charge on any atom is 0.226 e. The molecule has 0 aromatic carbocycles. The zero-order valence-electron chi connectivity index (χ0n) is 12.1. The lowest BCUT2D eigenvalue weighted by Gasteiger charge is -2.14. The van der Waals surface area contributed by atoms with Gasteiger partial charge in [0.05, 0.1) is 12.4 Å². The number of aromatic nitrogens is 4. The van der Waals surface area contributed by atoms with E-state index in [1.165, 1.54) is 5.56 Å². The van der Waals surface area contributed by atoms with Crippen LogP contribution in [0.4, 0.5) is 11.8 Å². The number of thiophene rings is 1. The molecule has 0 saturated heterocycles. The molecule has 3 aromatic rings. The van der Waals surface area contributed by atoms with Crippen molar-refractivity contribution in [3.63, 3.8) is 0 Å². The quantitative estimate of drug-likeness (QED) is 0.650. The van der Waals surface area contributed by atoms with Crippen molar-refractivity contribution in [3.8, 4) is 0 Å². The average Bonchev–Trinajstić information content (AvgIpc) is 3.15. The van der Waals surface area contributed by atoms with Crippen LogP contribution in [0, 0.1) is 0 Å². The van der Waals surface area contributed by atoms with Gasteiger partial charge in [0.2, 0.25) is 5.95 Å². The Bertz CT molecular complexity index is 705. The SMILES string of the molecule is CCCNc1nc(NC(C)c2ccsc2)c2[nH]cnc2n1. The molecule has 3 rings (SSSR count). The topological polar surface area (TPSA) is 78.5 Å². The predicted molar refractivity (Wildman–Crippen MR) is 86.8 cm³/mol. The monoisotopic (exact) mass is 302 g/mol. The molecule has 0 bridgehead atoms. The first kappa shape index (κ1) is 13.8. The van der Waals surface area contributed by atoms with Crippen LogP contribution < -0.4 is 10.6 Å².